The van der Waals surface area contributed by atoms with Gasteiger partial charge in [0, 0.05) is 15.7 Å². The molecule has 10 heteroatoms. The Kier molecular flexibility index (Phi) is 6.88. The average Bonchev–Trinajstić information content (AvgIpc) is 2.69. The molecule has 0 spiro atoms. The Balaban J connectivity index is 1.94. The van der Waals surface area contributed by atoms with Crippen molar-refractivity contribution < 1.29 is 17.6 Å². The monoisotopic (exact) mass is 486 g/mol. The Morgan fingerprint density at radius 3 is 2.27 bits per heavy atom. The zero-order chi connectivity index (χ0) is 21.9. The molecule has 0 saturated carbocycles. The largest absolute Gasteiger partial charge is 0.324 e. The van der Waals surface area contributed by atoms with E-state index in [-0.39, 0.29) is 21.3 Å². The molecule has 0 aliphatic heterocycles. The summed E-state index contributed by atoms with van der Waals surface area (Å²) in [5.41, 5.74) is 0.422. The van der Waals surface area contributed by atoms with Gasteiger partial charge in [-0.25, -0.2) is 12.8 Å². The van der Waals surface area contributed by atoms with Crippen LogP contribution in [0.15, 0.2) is 71.6 Å². The minimum Gasteiger partial charge on any atom is -0.324 e. The molecule has 0 aliphatic rings. The molecule has 0 bridgehead atoms. The van der Waals surface area contributed by atoms with E-state index in [0.717, 1.165) is 10.4 Å². The molecule has 0 heterocycles. The molecular formula is C20H14Cl3FN2O3S. The molecule has 5 nitrogen and oxygen atoms in total. The highest BCUT2D eigenvalue weighted by atomic mass is 35.5. The summed E-state index contributed by atoms with van der Waals surface area (Å²) in [5, 5.41) is 3.00. The lowest BCUT2D eigenvalue weighted by Gasteiger charge is -2.24. The molecule has 0 fully saturated rings. The minimum absolute atomic E-state index is 0.0514. The van der Waals surface area contributed by atoms with Crippen molar-refractivity contribution in [2.75, 3.05) is 16.2 Å². The molecule has 3 aromatic rings. The number of carbonyl (C=O) groups is 1. The van der Waals surface area contributed by atoms with E-state index in [1.54, 1.807) is 12.1 Å². The number of anilines is 2. The topological polar surface area (TPSA) is 66.5 Å². The molecule has 30 heavy (non-hydrogen) atoms. The third kappa shape index (κ3) is 5.23. The smallest absolute Gasteiger partial charge is 0.264 e. The maximum Gasteiger partial charge on any atom is 0.264 e. The fourth-order valence-electron chi connectivity index (χ4n) is 2.58. The number of hydrogen-bond acceptors (Lipinski definition) is 3. The van der Waals surface area contributed by atoms with E-state index in [4.69, 9.17) is 34.8 Å². The van der Waals surface area contributed by atoms with Crippen molar-refractivity contribution in [2.45, 2.75) is 4.90 Å². The lowest BCUT2D eigenvalue weighted by atomic mass is 10.3. The highest BCUT2D eigenvalue weighted by Crippen LogP contribution is 2.27. The summed E-state index contributed by atoms with van der Waals surface area (Å²) in [7, 11) is -4.12. The quantitative estimate of drug-likeness (QED) is 0.491. The highest BCUT2D eigenvalue weighted by Gasteiger charge is 2.27. The zero-order valence-corrected chi connectivity index (χ0v) is 18.2. The van der Waals surface area contributed by atoms with Crippen LogP contribution in [-0.4, -0.2) is 20.9 Å². The van der Waals surface area contributed by atoms with Crippen LogP contribution in [0.5, 0.6) is 0 Å². The van der Waals surface area contributed by atoms with Crippen LogP contribution in [0.2, 0.25) is 15.1 Å². The van der Waals surface area contributed by atoms with E-state index in [0.29, 0.717) is 10.0 Å². The van der Waals surface area contributed by atoms with Gasteiger partial charge in [-0.05, 0) is 60.7 Å². The number of sulfonamides is 1. The predicted octanol–water partition coefficient (Wildman–Crippen LogP) is 5.62. The van der Waals surface area contributed by atoms with Crippen molar-refractivity contribution in [3.05, 3.63) is 87.6 Å². The van der Waals surface area contributed by atoms with Crippen LogP contribution in [0.4, 0.5) is 15.8 Å². The molecule has 0 radical (unpaired) electrons. The van der Waals surface area contributed by atoms with Gasteiger partial charge in [0.1, 0.15) is 12.4 Å². The molecular weight excluding hydrogens is 474 g/mol. The van der Waals surface area contributed by atoms with Gasteiger partial charge in [-0.3, -0.25) is 9.10 Å². The minimum atomic E-state index is -4.12. The first-order chi connectivity index (χ1) is 14.2. The summed E-state index contributed by atoms with van der Waals surface area (Å²) in [6, 6.07) is 15.3. The number of nitrogens with one attached hydrogen (secondary N) is 1. The van der Waals surface area contributed by atoms with Crippen molar-refractivity contribution in [3.8, 4) is 0 Å². The molecule has 1 amide bonds. The first-order valence-electron chi connectivity index (χ1n) is 8.45. The molecule has 0 saturated heterocycles. The number of nitrogens with zero attached hydrogens (tertiary/aromatic N) is 1. The zero-order valence-electron chi connectivity index (χ0n) is 15.2. The SMILES string of the molecule is O=C(CN(c1cccc(Cl)c1)S(=O)(=O)c1ccc(Cl)cc1)Nc1ccc(F)c(Cl)c1. The van der Waals surface area contributed by atoms with Gasteiger partial charge in [0.2, 0.25) is 5.91 Å². The fourth-order valence-corrected chi connectivity index (χ4v) is 4.49. The average molecular weight is 488 g/mol. The second kappa shape index (κ2) is 9.22. The lowest BCUT2D eigenvalue weighted by Crippen LogP contribution is -2.38. The van der Waals surface area contributed by atoms with E-state index in [1.807, 2.05) is 0 Å². The van der Waals surface area contributed by atoms with E-state index < -0.39 is 28.3 Å². The van der Waals surface area contributed by atoms with E-state index in [1.165, 1.54) is 48.5 Å². The van der Waals surface area contributed by atoms with E-state index >= 15 is 0 Å². The molecule has 156 valence electrons. The summed E-state index contributed by atoms with van der Waals surface area (Å²) in [6.45, 7) is -0.555. The molecule has 1 N–H and O–H groups in total. The van der Waals surface area contributed by atoms with Crippen LogP contribution in [0, 0.1) is 5.82 Å². The Morgan fingerprint density at radius 2 is 1.63 bits per heavy atom. The van der Waals surface area contributed by atoms with Crippen molar-refractivity contribution in [2.24, 2.45) is 0 Å². The number of benzene rings is 3. The number of rotatable bonds is 6. The maximum atomic E-state index is 13.3. The van der Waals surface area contributed by atoms with E-state index in [9.17, 15) is 17.6 Å². The van der Waals surface area contributed by atoms with Crippen LogP contribution in [0.25, 0.3) is 0 Å². The van der Waals surface area contributed by atoms with Crippen molar-refractivity contribution >= 4 is 62.1 Å². The van der Waals surface area contributed by atoms with Crippen molar-refractivity contribution in [1.29, 1.82) is 0 Å². The van der Waals surface area contributed by atoms with Crippen LogP contribution >= 0.6 is 34.8 Å². The third-order valence-electron chi connectivity index (χ3n) is 3.99. The standard InChI is InChI=1S/C20H14Cl3FN2O3S/c21-13-4-7-17(8-5-13)30(28,29)26(16-3-1-2-14(22)10-16)12-20(27)25-15-6-9-19(24)18(23)11-15/h1-11H,12H2,(H,25,27). The van der Waals surface area contributed by atoms with Gasteiger partial charge in [0.05, 0.1) is 15.6 Å². The van der Waals surface area contributed by atoms with Gasteiger partial charge in [-0.2, -0.15) is 0 Å². The van der Waals surface area contributed by atoms with Crippen LogP contribution in [-0.2, 0) is 14.8 Å². The molecule has 0 unspecified atom stereocenters. The van der Waals surface area contributed by atoms with Crippen LogP contribution < -0.4 is 9.62 Å². The summed E-state index contributed by atoms with van der Waals surface area (Å²) < 4.78 is 40.7. The Hall–Kier alpha value is -2.32. The third-order valence-corrected chi connectivity index (χ3v) is 6.55. The second-order valence-electron chi connectivity index (χ2n) is 6.12. The molecule has 3 rings (SSSR count). The summed E-state index contributed by atoms with van der Waals surface area (Å²) in [5.74, 6) is -1.30. The molecule has 0 aliphatic carbocycles. The summed E-state index contributed by atoms with van der Waals surface area (Å²) in [4.78, 5) is 12.5. The van der Waals surface area contributed by atoms with Gasteiger partial charge in [-0.15, -0.1) is 0 Å². The Bertz CT molecular complexity index is 1190. The second-order valence-corrected chi connectivity index (χ2v) is 9.26. The normalized spacial score (nSPS) is 11.2. The number of amides is 1. The number of hydrogen-bond donors (Lipinski definition) is 1. The van der Waals surface area contributed by atoms with Gasteiger partial charge in [0.15, 0.2) is 0 Å². The van der Waals surface area contributed by atoms with Gasteiger partial charge >= 0.3 is 0 Å². The predicted molar refractivity (Wildman–Crippen MR) is 117 cm³/mol. The molecule has 0 aromatic heterocycles. The van der Waals surface area contributed by atoms with Crippen LogP contribution in [0.1, 0.15) is 0 Å². The Morgan fingerprint density at radius 1 is 0.933 bits per heavy atom. The summed E-state index contributed by atoms with van der Waals surface area (Å²) in [6.07, 6.45) is 0. The van der Waals surface area contributed by atoms with E-state index in [2.05, 4.69) is 5.32 Å². The van der Waals surface area contributed by atoms with Gasteiger partial charge in [0.25, 0.3) is 10.0 Å². The van der Waals surface area contributed by atoms with Gasteiger partial charge in [-0.1, -0.05) is 40.9 Å². The van der Waals surface area contributed by atoms with Crippen molar-refractivity contribution in [1.82, 2.24) is 0 Å². The fraction of sp³-hybridized carbons (Fsp3) is 0.0500. The number of halogens is 4. The Labute approximate surface area is 188 Å². The van der Waals surface area contributed by atoms with Crippen molar-refractivity contribution in [3.63, 3.8) is 0 Å². The molecule has 3 aromatic carbocycles. The highest BCUT2D eigenvalue weighted by molar-refractivity contribution is 7.92. The maximum absolute atomic E-state index is 13.3. The lowest BCUT2D eigenvalue weighted by molar-refractivity contribution is -0.114. The van der Waals surface area contributed by atoms with Crippen LogP contribution in [0.3, 0.4) is 0 Å². The van der Waals surface area contributed by atoms with Gasteiger partial charge < -0.3 is 5.32 Å². The first kappa shape index (κ1) is 22.4. The molecule has 0 atom stereocenters. The first-order valence-corrected chi connectivity index (χ1v) is 11.0. The summed E-state index contributed by atoms with van der Waals surface area (Å²) >= 11 is 17.6. The number of carbonyl (C=O) groups excluding carboxylic acids is 1.